The first-order valence-corrected chi connectivity index (χ1v) is 12.8. The minimum absolute atomic E-state index is 0.311. The SMILES string of the molecule is CCN(CCN(C)C)c1ccc(C#N)c(CCCC(C)C)c1.Cc1ccc(COC(C)C)cc1. The molecule has 4 nitrogen and oxygen atoms in total. The highest BCUT2D eigenvalue weighted by Crippen LogP contribution is 2.22. The fourth-order valence-electron chi connectivity index (χ4n) is 3.53. The van der Waals surface area contributed by atoms with Crippen LogP contribution in [0.15, 0.2) is 42.5 Å². The maximum atomic E-state index is 9.32. The van der Waals surface area contributed by atoms with E-state index in [0.29, 0.717) is 6.10 Å². The van der Waals surface area contributed by atoms with Gasteiger partial charge < -0.3 is 14.5 Å². The number of rotatable bonds is 12. The van der Waals surface area contributed by atoms with Crippen LogP contribution in [0.1, 0.15) is 69.7 Å². The van der Waals surface area contributed by atoms with Gasteiger partial charge in [-0.15, -0.1) is 0 Å². The molecule has 188 valence electrons. The first-order valence-electron chi connectivity index (χ1n) is 12.8. The molecule has 4 heteroatoms. The van der Waals surface area contributed by atoms with E-state index in [2.05, 4.69) is 94.1 Å². The number of nitriles is 1. The molecule has 0 atom stereocenters. The molecule has 0 heterocycles. The van der Waals surface area contributed by atoms with Crippen LogP contribution in [-0.2, 0) is 17.8 Å². The third-order valence-electron chi connectivity index (χ3n) is 5.70. The lowest BCUT2D eigenvalue weighted by molar-refractivity contribution is 0.0657. The molecule has 0 aliphatic heterocycles. The molecular weight excluding hydrogens is 418 g/mol. The Kier molecular flexibility index (Phi) is 14.2. The first-order chi connectivity index (χ1) is 16.2. The Balaban J connectivity index is 0.000000404. The quantitative estimate of drug-likeness (QED) is 0.344. The largest absolute Gasteiger partial charge is 0.374 e. The lowest BCUT2D eigenvalue weighted by Crippen LogP contribution is -2.31. The highest BCUT2D eigenvalue weighted by atomic mass is 16.5. The van der Waals surface area contributed by atoms with E-state index in [4.69, 9.17) is 4.74 Å². The van der Waals surface area contributed by atoms with Crippen molar-refractivity contribution in [3.63, 3.8) is 0 Å². The Morgan fingerprint density at radius 1 is 0.971 bits per heavy atom. The number of aryl methyl sites for hydroxylation is 2. The molecule has 0 saturated heterocycles. The van der Waals surface area contributed by atoms with E-state index in [0.717, 1.165) is 50.6 Å². The summed E-state index contributed by atoms with van der Waals surface area (Å²) in [6.07, 6.45) is 3.68. The summed E-state index contributed by atoms with van der Waals surface area (Å²) in [4.78, 5) is 4.59. The highest BCUT2D eigenvalue weighted by molar-refractivity contribution is 5.54. The van der Waals surface area contributed by atoms with E-state index in [9.17, 15) is 5.26 Å². The van der Waals surface area contributed by atoms with Gasteiger partial charge in [0.15, 0.2) is 0 Å². The number of anilines is 1. The number of hydrogen-bond donors (Lipinski definition) is 0. The third kappa shape index (κ3) is 12.2. The van der Waals surface area contributed by atoms with Crippen molar-refractivity contribution in [1.29, 1.82) is 5.26 Å². The van der Waals surface area contributed by atoms with Crippen molar-refractivity contribution in [3.8, 4) is 6.07 Å². The van der Waals surface area contributed by atoms with Crippen LogP contribution in [0.5, 0.6) is 0 Å². The third-order valence-corrected chi connectivity index (χ3v) is 5.70. The van der Waals surface area contributed by atoms with Gasteiger partial charge in [0.1, 0.15) is 0 Å². The van der Waals surface area contributed by atoms with Crippen molar-refractivity contribution in [2.24, 2.45) is 5.92 Å². The van der Waals surface area contributed by atoms with E-state index in [1.165, 1.54) is 28.8 Å². The van der Waals surface area contributed by atoms with Crippen LogP contribution in [0.4, 0.5) is 5.69 Å². The highest BCUT2D eigenvalue weighted by Gasteiger charge is 2.09. The van der Waals surface area contributed by atoms with Crippen LogP contribution in [-0.4, -0.2) is 44.7 Å². The van der Waals surface area contributed by atoms with Crippen LogP contribution >= 0.6 is 0 Å². The zero-order valence-corrected chi connectivity index (χ0v) is 22.9. The first kappa shape index (κ1) is 29.7. The molecule has 0 spiro atoms. The average molecular weight is 466 g/mol. The number of ether oxygens (including phenoxy) is 1. The average Bonchev–Trinajstić information content (AvgIpc) is 2.79. The molecule has 0 aromatic heterocycles. The van der Waals surface area contributed by atoms with Gasteiger partial charge in [-0.05, 0) is 89.9 Å². The Bertz CT molecular complexity index is 850. The summed E-state index contributed by atoms with van der Waals surface area (Å²) in [7, 11) is 4.20. The van der Waals surface area contributed by atoms with Crippen LogP contribution in [0.25, 0.3) is 0 Å². The van der Waals surface area contributed by atoms with Gasteiger partial charge in [0.05, 0.1) is 24.3 Å². The Morgan fingerprint density at radius 2 is 1.65 bits per heavy atom. The molecule has 0 bridgehead atoms. The molecule has 2 aromatic carbocycles. The lowest BCUT2D eigenvalue weighted by Gasteiger charge is -2.25. The summed E-state index contributed by atoms with van der Waals surface area (Å²) in [5.74, 6) is 0.723. The molecule has 0 radical (unpaired) electrons. The summed E-state index contributed by atoms with van der Waals surface area (Å²) >= 11 is 0. The molecule has 0 aliphatic carbocycles. The predicted molar refractivity (Wildman–Crippen MR) is 146 cm³/mol. The van der Waals surface area contributed by atoms with Gasteiger partial charge in [-0.1, -0.05) is 50.1 Å². The van der Waals surface area contributed by atoms with Crippen molar-refractivity contribution < 1.29 is 4.74 Å². The zero-order valence-electron chi connectivity index (χ0n) is 22.9. The van der Waals surface area contributed by atoms with Crippen LogP contribution in [0.3, 0.4) is 0 Å². The Labute approximate surface area is 209 Å². The summed E-state index contributed by atoms with van der Waals surface area (Å²) in [6, 6.07) is 17.1. The van der Waals surface area contributed by atoms with Gasteiger partial charge in [-0.3, -0.25) is 0 Å². The summed E-state index contributed by atoms with van der Waals surface area (Å²) < 4.78 is 5.47. The Morgan fingerprint density at radius 3 is 2.18 bits per heavy atom. The van der Waals surface area contributed by atoms with Crippen LogP contribution in [0.2, 0.25) is 0 Å². The molecule has 0 saturated carbocycles. The van der Waals surface area contributed by atoms with Gasteiger partial charge in [0.25, 0.3) is 0 Å². The number of nitrogens with zero attached hydrogens (tertiary/aromatic N) is 3. The van der Waals surface area contributed by atoms with Crippen LogP contribution in [0, 0.1) is 24.2 Å². The van der Waals surface area contributed by atoms with E-state index < -0.39 is 0 Å². The van der Waals surface area contributed by atoms with E-state index in [1.54, 1.807) is 0 Å². The molecule has 0 aliphatic rings. The number of benzene rings is 2. The molecule has 0 N–H and O–H groups in total. The van der Waals surface area contributed by atoms with Gasteiger partial charge in [0, 0.05) is 25.3 Å². The van der Waals surface area contributed by atoms with E-state index >= 15 is 0 Å². The molecule has 2 rings (SSSR count). The minimum Gasteiger partial charge on any atom is -0.374 e. The fourth-order valence-corrected chi connectivity index (χ4v) is 3.53. The summed E-state index contributed by atoms with van der Waals surface area (Å²) in [5.41, 5.74) is 5.81. The molecule has 0 amide bonds. The molecule has 34 heavy (non-hydrogen) atoms. The van der Waals surface area contributed by atoms with E-state index in [-0.39, 0.29) is 0 Å². The molecule has 0 unspecified atom stereocenters. The van der Waals surface area contributed by atoms with Crippen LogP contribution < -0.4 is 4.90 Å². The van der Waals surface area contributed by atoms with Gasteiger partial charge in [-0.25, -0.2) is 0 Å². The summed E-state index contributed by atoms with van der Waals surface area (Å²) in [5, 5.41) is 9.32. The summed E-state index contributed by atoms with van der Waals surface area (Å²) in [6.45, 7) is 16.6. The predicted octanol–water partition coefficient (Wildman–Crippen LogP) is 6.84. The smallest absolute Gasteiger partial charge is 0.0994 e. The number of hydrogen-bond acceptors (Lipinski definition) is 4. The van der Waals surface area contributed by atoms with Gasteiger partial charge in [-0.2, -0.15) is 5.26 Å². The fraction of sp³-hybridized carbons (Fsp3) is 0.567. The van der Waals surface area contributed by atoms with Gasteiger partial charge in [0.2, 0.25) is 0 Å². The standard InChI is InChI=1S/C19H31N3.C11H16O/c1-6-22(13-12-21(4)5)19-11-10-18(15-20)17(14-19)9-7-8-16(2)3;1-9(2)12-8-11-6-4-10(3)5-7-11/h10-11,14,16H,6-9,12-13H2,1-5H3;4-7,9H,8H2,1-3H3. The molecular formula is C30H47N3O. The molecule has 0 fully saturated rings. The van der Waals surface area contributed by atoms with Crippen molar-refractivity contribution in [2.75, 3.05) is 38.6 Å². The van der Waals surface area contributed by atoms with Gasteiger partial charge >= 0.3 is 0 Å². The van der Waals surface area contributed by atoms with Crippen molar-refractivity contribution in [3.05, 3.63) is 64.7 Å². The minimum atomic E-state index is 0.311. The lowest BCUT2D eigenvalue weighted by atomic mass is 9.98. The van der Waals surface area contributed by atoms with Crippen molar-refractivity contribution in [2.45, 2.75) is 73.5 Å². The Hall–Kier alpha value is -2.35. The second kappa shape index (κ2) is 16.3. The van der Waals surface area contributed by atoms with E-state index in [1.807, 2.05) is 19.9 Å². The topological polar surface area (TPSA) is 39.5 Å². The zero-order chi connectivity index (χ0) is 25.5. The normalized spacial score (nSPS) is 10.9. The monoisotopic (exact) mass is 465 g/mol. The second-order valence-corrected chi connectivity index (χ2v) is 9.97. The second-order valence-electron chi connectivity index (χ2n) is 9.97. The maximum Gasteiger partial charge on any atom is 0.0994 e. The molecule has 2 aromatic rings. The van der Waals surface area contributed by atoms with Crippen molar-refractivity contribution >= 4 is 5.69 Å². The van der Waals surface area contributed by atoms with Crippen molar-refractivity contribution in [1.82, 2.24) is 4.90 Å². The maximum absolute atomic E-state index is 9.32. The number of likely N-dealkylation sites (N-methyl/N-ethyl adjacent to an activating group) is 2.